The molecule has 242 valence electrons. The molecule has 0 aliphatic carbocycles. The van der Waals surface area contributed by atoms with Gasteiger partial charge in [0, 0.05) is 28.1 Å². The third kappa shape index (κ3) is 5.98. The van der Waals surface area contributed by atoms with E-state index in [1.54, 1.807) is 0 Å². The maximum absolute atomic E-state index is 6.71. The highest BCUT2D eigenvalue weighted by atomic mass is 15.1. The number of hydrogen-bond acceptors (Lipinski definition) is 2. The molecule has 1 aromatic heterocycles. The van der Waals surface area contributed by atoms with Crippen LogP contribution >= 0.6 is 0 Å². The molecular formula is C46H38N4. The van der Waals surface area contributed by atoms with Crippen LogP contribution in [0.25, 0.3) is 49.7 Å². The number of amidine groups is 1. The Labute approximate surface area is 293 Å². The molecule has 2 unspecified atom stereocenters. The Balaban J connectivity index is 1.26. The number of nitrogens with zero attached hydrogens (tertiary/aromatic N) is 2. The zero-order valence-corrected chi connectivity index (χ0v) is 27.9. The summed E-state index contributed by atoms with van der Waals surface area (Å²) >= 11 is 0. The molecule has 0 fully saturated rings. The van der Waals surface area contributed by atoms with Crippen LogP contribution in [0.4, 0.5) is 0 Å². The molecule has 0 saturated carbocycles. The second-order valence-corrected chi connectivity index (χ2v) is 12.6. The third-order valence-corrected chi connectivity index (χ3v) is 9.52. The molecule has 7 aromatic carbocycles. The fourth-order valence-electron chi connectivity index (χ4n) is 7.04. The van der Waals surface area contributed by atoms with Crippen molar-refractivity contribution in [2.45, 2.75) is 19.1 Å². The highest BCUT2D eigenvalue weighted by Crippen LogP contribution is 2.40. The van der Waals surface area contributed by atoms with Gasteiger partial charge >= 0.3 is 0 Å². The third-order valence-electron chi connectivity index (χ3n) is 9.52. The van der Waals surface area contributed by atoms with E-state index in [9.17, 15) is 0 Å². The van der Waals surface area contributed by atoms with Crippen molar-refractivity contribution in [3.05, 3.63) is 199 Å². The summed E-state index contributed by atoms with van der Waals surface area (Å²) in [7, 11) is 0. The molecule has 8 rings (SSSR count). The first kappa shape index (κ1) is 31.1. The van der Waals surface area contributed by atoms with E-state index in [0.717, 1.165) is 39.1 Å². The average Bonchev–Trinajstić information content (AvgIpc) is 3.52. The maximum atomic E-state index is 6.71. The van der Waals surface area contributed by atoms with Gasteiger partial charge in [-0.25, -0.2) is 4.99 Å². The van der Waals surface area contributed by atoms with E-state index in [2.05, 4.69) is 162 Å². The van der Waals surface area contributed by atoms with Crippen molar-refractivity contribution < 1.29 is 0 Å². The molecule has 2 atom stereocenters. The molecule has 4 heteroatoms. The van der Waals surface area contributed by atoms with Gasteiger partial charge in [-0.3, -0.25) is 5.32 Å². The first-order chi connectivity index (χ1) is 24.7. The lowest BCUT2D eigenvalue weighted by Crippen LogP contribution is -2.27. The smallest absolute Gasteiger partial charge is 0.129 e. The van der Waals surface area contributed by atoms with Gasteiger partial charge in [-0.2, -0.15) is 0 Å². The molecule has 0 saturated heterocycles. The Morgan fingerprint density at radius 3 is 1.90 bits per heavy atom. The van der Waals surface area contributed by atoms with Gasteiger partial charge in [0.05, 0.1) is 11.0 Å². The van der Waals surface area contributed by atoms with Crippen molar-refractivity contribution >= 4 is 27.6 Å². The number of nitrogens with two attached hydrogens (primary N) is 1. The topological polar surface area (TPSA) is 55.3 Å². The molecule has 4 nitrogen and oxygen atoms in total. The zero-order chi connectivity index (χ0) is 33.9. The van der Waals surface area contributed by atoms with Crippen LogP contribution in [-0.4, -0.2) is 10.4 Å². The van der Waals surface area contributed by atoms with Crippen LogP contribution in [0, 0.1) is 0 Å². The highest BCUT2D eigenvalue weighted by molar-refractivity contribution is 6.10. The Morgan fingerprint density at radius 2 is 1.14 bits per heavy atom. The van der Waals surface area contributed by atoms with Gasteiger partial charge in [0.1, 0.15) is 12.0 Å². The fraction of sp³-hybridized carbons (Fsp3) is 0.0652. The van der Waals surface area contributed by atoms with Gasteiger partial charge in [0.2, 0.25) is 0 Å². The van der Waals surface area contributed by atoms with Crippen LogP contribution in [0.1, 0.15) is 35.8 Å². The molecule has 0 spiro atoms. The van der Waals surface area contributed by atoms with Gasteiger partial charge in [-0.15, -0.1) is 0 Å². The van der Waals surface area contributed by atoms with E-state index < -0.39 is 6.17 Å². The van der Waals surface area contributed by atoms with Crippen molar-refractivity contribution in [1.82, 2.24) is 9.88 Å². The first-order valence-corrected chi connectivity index (χ1v) is 17.1. The summed E-state index contributed by atoms with van der Waals surface area (Å²) in [5, 5.41) is 6.27. The molecular weight excluding hydrogens is 609 g/mol. The average molecular weight is 647 g/mol. The monoisotopic (exact) mass is 646 g/mol. The van der Waals surface area contributed by atoms with Gasteiger partial charge in [-0.05, 0) is 70.6 Å². The lowest BCUT2D eigenvalue weighted by molar-refractivity contribution is 0.481. The minimum absolute atomic E-state index is 0.0289. The minimum atomic E-state index is -0.402. The number of aromatic nitrogens is 1. The summed E-state index contributed by atoms with van der Waals surface area (Å²) in [5.41, 5.74) is 17.9. The van der Waals surface area contributed by atoms with Crippen molar-refractivity contribution in [2.75, 3.05) is 0 Å². The Bertz CT molecular complexity index is 2430. The largest absolute Gasteiger partial charge is 0.383 e. The van der Waals surface area contributed by atoms with Gasteiger partial charge in [0.15, 0.2) is 0 Å². The number of fused-ring (bicyclic) bond motifs is 3. The van der Waals surface area contributed by atoms with Crippen LogP contribution in [0.5, 0.6) is 0 Å². The highest BCUT2D eigenvalue weighted by Gasteiger charge is 2.21. The lowest BCUT2D eigenvalue weighted by atomic mass is 9.90. The normalized spacial score (nSPS) is 13.0. The van der Waals surface area contributed by atoms with E-state index in [1.165, 1.54) is 27.4 Å². The molecule has 0 aliphatic rings. The maximum Gasteiger partial charge on any atom is 0.129 e. The molecule has 50 heavy (non-hydrogen) atoms. The zero-order valence-electron chi connectivity index (χ0n) is 27.9. The van der Waals surface area contributed by atoms with E-state index >= 15 is 0 Å². The quantitative estimate of drug-likeness (QED) is 0.121. The minimum Gasteiger partial charge on any atom is -0.383 e. The number of rotatable bonds is 9. The number of para-hydroxylation sites is 2. The predicted molar refractivity (Wildman–Crippen MR) is 210 cm³/mol. The molecule has 0 amide bonds. The number of hydrogen-bond donors (Lipinski definition) is 2. The standard InChI is InChI=1S/C46H38N4/c1-32(33-17-5-2-6-18-33)48-46(49-45(47)34-19-7-3-8-20-34)41-27-14-13-25-39(41)38-24-12-11-23-37(38)35-29-30-44-42(31-35)40-26-15-16-28-43(40)50(44)36-21-9-4-10-22-36/h2-32,46,48H,1H3,(H2,47,49). The summed E-state index contributed by atoms with van der Waals surface area (Å²) in [4.78, 5) is 5.16. The first-order valence-electron chi connectivity index (χ1n) is 17.1. The van der Waals surface area contributed by atoms with Crippen molar-refractivity contribution in [3.63, 3.8) is 0 Å². The summed E-state index contributed by atoms with van der Waals surface area (Å²) in [6, 6.07) is 63.8. The number of nitrogens with one attached hydrogen (secondary N) is 1. The summed E-state index contributed by atoms with van der Waals surface area (Å²) in [6.07, 6.45) is -0.402. The second kappa shape index (κ2) is 13.7. The Hall–Kier alpha value is -6.23. The van der Waals surface area contributed by atoms with Crippen molar-refractivity contribution in [1.29, 1.82) is 0 Å². The fourth-order valence-corrected chi connectivity index (χ4v) is 7.04. The van der Waals surface area contributed by atoms with E-state index in [0.29, 0.717) is 5.84 Å². The SMILES string of the molecule is CC(NC(/N=C(\N)c1ccccc1)c1ccccc1-c1ccccc1-c1ccc2c(c1)c1ccccc1n2-c1ccccc1)c1ccccc1. The van der Waals surface area contributed by atoms with Crippen LogP contribution in [0.15, 0.2) is 187 Å². The number of benzene rings is 7. The van der Waals surface area contributed by atoms with E-state index in [1.807, 2.05) is 36.4 Å². The molecule has 3 N–H and O–H groups in total. The van der Waals surface area contributed by atoms with Crippen molar-refractivity contribution in [3.8, 4) is 27.9 Å². The Kier molecular flexibility index (Phi) is 8.52. The molecule has 0 radical (unpaired) electrons. The van der Waals surface area contributed by atoms with Crippen LogP contribution in [-0.2, 0) is 0 Å². The van der Waals surface area contributed by atoms with Gasteiger partial charge in [-0.1, -0.05) is 152 Å². The molecule has 8 aromatic rings. The van der Waals surface area contributed by atoms with Gasteiger partial charge in [0.25, 0.3) is 0 Å². The lowest BCUT2D eigenvalue weighted by Gasteiger charge is -2.25. The Morgan fingerprint density at radius 1 is 0.560 bits per heavy atom. The molecule has 1 heterocycles. The van der Waals surface area contributed by atoms with E-state index in [-0.39, 0.29) is 6.04 Å². The summed E-state index contributed by atoms with van der Waals surface area (Å²) in [6.45, 7) is 2.17. The predicted octanol–water partition coefficient (Wildman–Crippen LogP) is 10.9. The number of aliphatic imine (C=N–C) groups is 1. The summed E-state index contributed by atoms with van der Waals surface area (Å²) < 4.78 is 2.36. The molecule has 0 aliphatic heterocycles. The van der Waals surface area contributed by atoms with Gasteiger partial charge < -0.3 is 10.3 Å². The van der Waals surface area contributed by atoms with Crippen molar-refractivity contribution in [2.24, 2.45) is 10.7 Å². The van der Waals surface area contributed by atoms with E-state index in [4.69, 9.17) is 10.7 Å². The molecule has 0 bridgehead atoms. The van der Waals surface area contributed by atoms with Crippen LogP contribution < -0.4 is 11.1 Å². The summed E-state index contributed by atoms with van der Waals surface area (Å²) in [5.74, 6) is 0.492. The second-order valence-electron chi connectivity index (χ2n) is 12.6. The van der Waals surface area contributed by atoms with Crippen LogP contribution in [0.2, 0.25) is 0 Å². The van der Waals surface area contributed by atoms with Crippen LogP contribution in [0.3, 0.4) is 0 Å².